The van der Waals surface area contributed by atoms with Gasteiger partial charge in [-0.3, -0.25) is 9.59 Å². The minimum Gasteiger partial charge on any atom is -0.461 e. The fraction of sp³-hybridized carbons (Fsp3) is 0.333. The monoisotopic (exact) mass is 411 g/mol. The van der Waals surface area contributed by atoms with Crippen molar-refractivity contribution in [3.05, 3.63) is 51.3 Å². The van der Waals surface area contributed by atoms with Crippen LogP contribution in [-0.2, 0) is 9.53 Å². The highest BCUT2D eigenvalue weighted by Crippen LogP contribution is 2.33. The van der Waals surface area contributed by atoms with Gasteiger partial charge in [0.15, 0.2) is 5.69 Å². The summed E-state index contributed by atoms with van der Waals surface area (Å²) in [5.41, 5.74) is 1.25. The molecule has 0 aliphatic heterocycles. The number of rotatable bonds is 5. The molecule has 1 fully saturated rings. The Bertz CT molecular complexity index is 1140. The first-order valence-corrected chi connectivity index (χ1v) is 10.5. The predicted octanol–water partition coefficient (Wildman–Crippen LogP) is 3.67. The Morgan fingerprint density at radius 1 is 1.28 bits per heavy atom. The van der Waals surface area contributed by atoms with E-state index in [1.807, 2.05) is 19.1 Å². The molecule has 1 saturated carbocycles. The van der Waals surface area contributed by atoms with Crippen LogP contribution in [0.1, 0.15) is 42.2 Å². The topological polar surface area (TPSA) is 90.3 Å². The van der Waals surface area contributed by atoms with Gasteiger partial charge >= 0.3 is 5.97 Å². The minimum absolute atomic E-state index is 0.0159. The zero-order chi connectivity index (χ0) is 20.5. The lowest BCUT2D eigenvalue weighted by Crippen LogP contribution is -2.29. The summed E-state index contributed by atoms with van der Waals surface area (Å²) < 4.78 is 6.34. The van der Waals surface area contributed by atoms with E-state index in [0.29, 0.717) is 16.1 Å². The van der Waals surface area contributed by atoms with Crippen molar-refractivity contribution in [1.82, 2.24) is 9.78 Å². The van der Waals surface area contributed by atoms with Gasteiger partial charge in [0, 0.05) is 16.7 Å². The molecular weight excluding hydrogens is 390 g/mol. The highest BCUT2D eigenvalue weighted by Gasteiger charge is 2.28. The molecule has 0 radical (unpaired) electrons. The summed E-state index contributed by atoms with van der Waals surface area (Å²) >= 11 is 1.22. The molecule has 1 N–H and O–H groups in total. The average Bonchev–Trinajstić information content (AvgIpc) is 3.06. The van der Waals surface area contributed by atoms with Crippen molar-refractivity contribution in [3.8, 4) is 5.69 Å². The molecule has 2 heterocycles. The van der Waals surface area contributed by atoms with Crippen molar-refractivity contribution >= 4 is 39.0 Å². The number of aryl methyl sites for hydroxylation is 1. The number of nitrogens with zero attached hydrogens (tertiary/aromatic N) is 2. The molecule has 150 valence electrons. The number of thiophene rings is 1. The van der Waals surface area contributed by atoms with Crippen LogP contribution in [0, 0.1) is 12.8 Å². The largest absolute Gasteiger partial charge is 0.461 e. The van der Waals surface area contributed by atoms with E-state index < -0.39 is 5.97 Å². The summed E-state index contributed by atoms with van der Waals surface area (Å²) in [4.78, 5) is 38.2. The molecule has 0 unspecified atom stereocenters. The smallest absolute Gasteiger partial charge is 0.359 e. The van der Waals surface area contributed by atoms with Gasteiger partial charge in [-0.2, -0.15) is 9.78 Å². The number of amides is 1. The van der Waals surface area contributed by atoms with Gasteiger partial charge in [0.1, 0.15) is 5.00 Å². The third kappa shape index (κ3) is 3.55. The lowest BCUT2D eigenvalue weighted by molar-refractivity contribution is -0.122. The highest BCUT2D eigenvalue weighted by atomic mass is 32.1. The third-order valence-corrected chi connectivity index (χ3v) is 6.01. The van der Waals surface area contributed by atoms with Crippen LogP contribution in [0.3, 0.4) is 0 Å². The second kappa shape index (κ2) is 7.79. The van der Waals surface area contributed by atoms with Gasteiger partial charge in [0.25, 0.3) is 5.56 Å². The Labute approximate surface area is 171 Å². The molecule has 1 aromatic carbocycles. The lowest BCUT2D eigenvalue weighted by atomic mass is 9.85. The first kappa shape index (κ1) is 19.3. The lowest BCUT2D eigenvalue weighted by Gasteiger charge is -2.23. The molecule has 7 nitrogen and oxygen atoms in total. The van der Waals surface area contributed by atoms with Gasteiger partial charge in [-0.15, -0.1) is 11.3 Å². The van der Waals surface area contributed by atoms with Crippen LogP contribution in [-0.4, -0.2) is 28.3 Å². The molecule has 8 heteroatoms. The summed E-state index contributed by atoms with van der Waals surface area (Å²) in [6, 6.07) is 7.27. The first-order valence-electron chi connectivity index (χ1n) is 9.59. The van der Waals surface area contributed by atoms with E-state index in [0.717, 1.165) is 24.8 Å². The van der Waals surface area contributed by atoms with E-state index in [2.05, 4.69) is 10.4 Å². The van der Waals surface area contributed by atoms with Crippen molar-refractivity contribution in [1.29, 1.82) is 0 Å². The number of benzene rings is 1. The molecule has 1 aliphatic rings. The number of hydrogen-bond acceptors (Lipinski definition) is 6. The Hall–Kier alpha value is -3.00. The van der Waals surface area contributed by atoms with Crippen molar-refractivity contribution in [2.24, 2.45) is 5.92 Å². The maximum atomic E-state index is 13.3. The highest BCUT2D eigenvalue weighted by molar-refractivity contribution is 7.16. The summed E-state index contributed by atoms with van der Waals surface area (Å²) in [5, 5.41) is 9.96. The second-order valence-corrected chi connectivity index (χ2v) is 7.97. The number of nitrogens with one attached hydrogen (secondary N) is 1. The number of fused-ring (bicyclic) bond motifs is 1. The zero-order valence-corrected chi connectivity index (χ0v) is 17.0. The molecule has 0 saturated heterocycles. The van der Waals surface area contributed by atoms with E-state index in [1.165, 1.54) is 16.0 Å². The van der Waals surface area contributed by atoms with Crippen LogP contribution in [0.15, 0.2) is 34.4 Å². The zero-order valence-electron chi connectivity index (χ0n) is 16.2. The molecule has 1 amide bonds. The Kier molecular flexibility index (Phi) is 5.19. The minimum atomic E-state index is -0.604. The van der Waals surface area contributed by atoms with E-state index in [9.17, 15) is 14.4 Å². The van der Waals surface area contributed by atoms with Gasteiger partial charge in [-0.1, -0.05) is 24.1 Å². The maximum Gasteiger partial charge on any atom is 0.359 e. The molecule has 2 aromatic heterocycles. The number of anilines is 1. The number of esters is 1. The maximum absolute atomic E-state index is 13.3. The van der Waals surface area contributed by atoms with Gasteiger partial charge in [-0.25, -0.2) is 4.79 Å². The molecule has 0 spiro atoms. The van der Waals surface area contributed by atoms with Crippen LogP contribution in [0.5, 0.6) is 0 Å². The third-order valence-electron chi connectivity index (χ3n) is 5.11. The molecule has 3 aromatic rings. The molecule has 4 rings (SSSR count). The van der Waals surface area contributed by atoms with Crippen LogP contribution in [0.2, 0.25) is 0 Å². The standard InChI is InChI=1S/C21H21N3O4S/c1-3-28-21(27)17-15-11-29-19(22-18(25)13-5-4-6-13)16(15)20(26)24(23-17)14-9-7-12(2)8-10-14/h7-11,13H,3-6H2,1-2H3,(H,22,25). The number of carbonyl (C=O) groups is 2. The Morgan fingerprint density at radius 2 is 2.00 bits per heavy atom. The van der Waals surface area contributed by atoms with Crippen LogP contribution in [0.25, 0.3) is 16.5 Å². The van der Waals surface area contributed by atoms with Gasteiger partial charge in [0.2, 0.25) is 5.91 Å². The molecule has 0 bridgehead atoms. The molecule has 0 atom stereocenters. The summed E-state index contributed by atoms with van der Waals surface area (Å²) in [5.74, 6) is -0.707. The number of carbonyl (C=O) groups excluding carboxylic acids is 2. The van der Waals surface area contributed by atoms with Crippen LogP contribution in [0.4, 0.5) is 5.00 Å². The number of ether oxygens (including phenoxy) is 1. The normalized spacial score (nSPS) is 13.9. The Morgan fingerprint density at radius 3 is 2.62 bits per heavy atom. The summed E-state index contributed by atoms with van der Waals surface area (Å²) in [7, 11) is 0. The quantitative estimate of drug-likeness (QED) is 0.647. The fourth-order valence-electron chi connectivity index (χ4n) is 3.24. The SMILES string of the molecule is CCOC(=O)c1nn(-c2ccc(C)cc2)c(=O)c2c(NC(=O)C3CCC3)scc12. The molecule has 29 heavy (non-hydrogen) atoms. The van der Waals surface area contributed by atoms with Crippen molar-refractivity contribution < 1.29 is 14.3 Å². The van der Waals surface area contributed by atoms with Crippen molar-refractivity contribution in [2.45, 2.75) is 33.1 Å². The Balaban J connectivity index is 1.88. The van der Waals surface area contributed by atoms with Crippen LogP contribution >= 0.6 is 11.3 Å². The van der Waals surface area contributed by atoms with E-state index in [1.54, 1.807) is 24.4 Å². The van der Waals surface area contributed by atoms with Gasteiger partial charge < -0.3 is 10.1 Å². The van der Waals surface area contributed by atoms with E-state index in [-0.39, 0.29) is 35.1 Å². The van der Waals surface area contributed by atoms with Gasteiger partial charge in [-0.05, 0) is 38.8 Å². The average molecular weight is 411 g/mol. The second-order valence-electron chi connectivity index (χ2n) is 7.09. The van der Waals surface area contributed by atoms with E-state index >= 15 is 0 Å². The molecule has 1 aliphatic carbocycles. The van der Waals surface area contributed by atoms with E-state index in [4.69, 9.17) is 4.74 Å². The fourth-order valence-corrected chi connectivity index (χ4v) is 4.18. The first-order chi connectivity index (χ1) is 14.0. The molecular formula is C21H21N3O4S. The number of hydrogen-bond donors (Lipinski definition) is 1. The number of aromatic nitrogens is 2. The van der Waals surface area contributed by atoms with Crippen molar-refractivity contribution in [2.75, 3.05) is 11.9 Å². The predicted molar refractivity (Wildman–Crippen MR) is 112 cm³/mol. The summed E-state index contributed by atoms with van der Waals surface area (Å²) in [6.07, 6.45) is 2.76. The van der Waals surface area contributed by atoms with Crippen molar-refractivity contribution in [3.63, 3.8) is 0 Å². The summed E-state index contributed by atoms with van der Waals surface area (Å²) in [6.45, 7) is 3.85. The van der Waals surface area contributed by atoms with Gasteiger partial charge in [0.05, 0.1) is 17.7 Å². The van der Waals surface area contributed by atoms with Crippen LogP contribution < -0.4 is 10.9 Å².